The first-order chi connectivity index (χ1) is 13.5. The molecule has 2 fully saturated rings. The summed E-state index contributed by atoms with van der Waals surface area (Å²) in [5, 5.41) is 0. The first kappa shape index (κ1) is 18.9. The number of sulfone groups is 1. The van der Waals surface area contributed by atoms with Gasteiger partial charge in [0.2, 0.25) is 5.91 Å². The van der Waals surface area contributed by atoms with Crippen molar-refractivity contribution in [1.29, 1.82) is 0 Å². The van der Waals surface area contributed by atoms with Crippen LogP contribution in [0.15, 0.2) is 59.8 Å². The lowest BCUT2D eigenvalue weighted by molar-refractivity contribution is -0.136. The van der Waals surface area contributed by atoms with Crippen molar-refractivity contribution in [1.82, 2.24) is 9.88 Å². The van der Waals surface area contributed by atoms with E-state index in [1.54, 1.807) is 42.7 Å². The van der Waals surface area contributed by atoms with Crippen molar-refractivity contribution >= 4 is 15.7 Å². The molecule has 7 heteroatoms. The molecule has 3 heterocycles. The normalized spacial score (nSPS) is 24.1. The molecular weight excluding hydrogens is 376 g/mol. The minimum absolute atomic E-state index is 0.0261. The molecule has 2 aromatic rings. The van der Waals surface area contributed by atoms with Gasteiger partial charge in [-0.25, -0.2) is 8.42 Å². The van der Waals surface area contributed by atoms with Gasteiger partial charge in [0.1, 0.15) is 11.9 Å². The summed E-state index contributed by atoms with van der Waals surface area (Å²) in [6.07, 6.45) is 6.97. The Hall–Kier alpha value is -2.41. The van der Waals surface area contributed by atoms with Gasteiger partial charge in [-0.15, -0.1) is 0 Å². The number of benzene rings is 1. The van der Waals surface area contributed by atoms with E-state index in [1.165, 1.54) is 0 Å². The number of hydrogen-bond donors (Lipinski definition) is 0. The molecule has 0 saturated carbocycles. The molecule has 0 N–H and O–H groups in total. The average Bonchev–Trinajstić information content (AvgIpc) is 2.98. The number of carbonyl (C=O) groups is 1. The van der Waals surface area contributed by atoms with Crippen molar-refractivity contribution < 1.29 is 17.9 Å². The van der Waals surface area contributed by atoms with Gasteiger partial charge in [-0.3, -0.25) is 9.78 Å². The van der Waals surface area contributed by atoms with E-state index >= 15 is 0 Å². The highest BCUT2D eigenvalue weighted by Gasteiger charge is 2.44. The van der Waals surface area contributed by atoms with Crippen LogP contribution in [0.1, 0.15) is 32.1 Å². The summed E-state index contributed by atoms with van der Waals surface area (Å²) in [5.41, 5.74) is 0. The molecule has 2 saturated heterocycles. The Morgan fingerprint density at radius 3 is 2.43 bits per heavy atom. The molecule has 0 radical (unpaired) electrons. The van der Waals surface area contributed by atoms with Crippen LogP contribution < -0.4 is 4.74 Å². The Kier molecular flexibility index (Phi) is 5.35. The van der Waals surface area contributed by atoms with Crippen molar-refractivity contribution in [2.45, 2.75) is 55.2 Å². The SMILES string of the molecule is O=C(CCS(=O)(=O)c1ccccc1)N1C2CCC1CC(Oc1cccnc1)C2. The monoisotopic (exact) mass is 400 g/mol. The van der Waals surface area contributed by atoms with Crippen LogP contribution in [0.25, 0.3) is 0 Å². The van der Waals surface area contributed by atoms with Crippen molar-refractivity contribution in [2.75, 3.05) is 5.75 Å². The summed E-state index contributed by atoms with van der Waals surface area (Å²) in [6.45, 7) is 0. The molecule has 28 heavy (non-hydrogen) atoms. The Balaban J connectivity index is 1.36. The first-order valence-corrected chi connectivity index (χ1v) is 11.3. The van der Waals surface area contributed by atoms with Gasteiger partial charge in [0, 0.05) is 37.5 Å². The number of rotatable bonds is 6. The fourth-order valence-electron chi connectivity index (χ4n) is 4.34. The molecule has 0 spiro atoms. The molecule has 1 amide bonds. The minimum atomic E-state index is -3.44. The van der Waals surface area contributed by atoms with Gasteiger partial charge in [0.25, 0.3) is 0 Å². The highest BCUT2D eigenvalue weighted by Crippen LogP contribution is 2.37. The minimum Gasteiger partial charge on any atom is -0.489 e. The van der Waals surface area contributed by atoms with Crippen molar-refractivity contribution in [3.8, 4) is 5.75 Å². The summed E-state index contributed by atoms with van der Waals surface area (Å²) in [5.74, 6) is 0.536. The van der Waals surface area contributed by atoms with E-state index in [9.17, 15) is 13.2 Å². The summed E-state index contributed by atoms with van der Waals surface area (Å²) >= 11 is 0. The van der Waals surface area contributed by atoms with Crippen molar-refractivity contribution in [3.63, 3.8) is 0 Å². The Morgan fingerprint density at radius 1 is 1.07 bits per heavy atom. The van der Waals surface area contributed by atoms with Crippen LogP contribution in [0.2, 0.25) is 0 Å². The van der Waals surface area contributed by atoms with Crippen LogP contribution in [0.4, 0.5) is 0 Å². The summed E-state index contributed by atoms with van der Waals surface area (Å²) in [6, 6.07) is 12.3. The second-order valence-corrected chi connectivity index (χ2v) is 9.58. The molecule has 2 aliphatic heterocycles. The van der Waals surface area contributed by atoms with Crippen LogP contribution in [0.3, 0.4) is 0 Å². The zero-order chi connectivity index (χ0) is 19.6. The Labute approximate surface area is 165 Å². The third kappa shape index (κ3) is 4.04. The maximum atomic E-state index is 12.8. The predicted molar refractivity (Wildman–Crippen MR) is 105 cm³/mol. The van der Waals surface area contributed by atoms with Gasteiger partial charge in [0.05, 0.1) is 16.8 Å². The van der Waals surface area contributed by atoms with Crippen LogP contribution in [0, 0.1) is 0 Å². The van der Waals surface area contributed by atoms with Crippen LogP contribution in [0.5, 0.6) is 5.75 Å². The Morgan fingerprint density at radius 2 is 1.79 bits per heavy atom. The number of aromatic nitrogens is 1. The van der Waals surface area contributed by atoms with Gasteiger partial charge in [0.15, 0.2) is 9.84 Å². The maximum Gasteiger partial charge on any atom is 0.224 e. The molecule has 1 aromatic carbocycles. The highest BCUT2D eigenvalue weighted by atomic mass is 32.2. The molecule has 6 nitrogen and oxygen atoms in total. The third-order valence-corrected chi connectivity index (χ3v) is 7.33. The maximum absolute atomic E-state index is 12.8. The number of nitrogens with zero attached hydrogens (tertiary/aromatic N) is 2. The summed E-state index contributed by atoms with van der Waals surface area (Å²) < 4.78 is 31.0. The molecule has 2 bridgehead atoms. The first-order valence-electron chi connectivity index (χ1n) is 9.68. The summed E-state index contributed by atoms with van der Waals surface area (Å²) in [7, 11) is -3.44. The number of hydrogen-bond acceptors (Lipinski definition) is 5. The molecular formula is C21H24N2O4S. The molecule has 0 aliphatic carbocycles. The number of amides is 1. The zero-order valence-electron chi connectivity index (χ0n) is 15.6. The van der Waals surface area contributed by atoms with Crippen LogP contribution in [-0.2, 0) is 14.6 Å². The largest absolute Gasteiger partial charge is 0.489 e. The van der Waals surface area contributed by atoms with E-state index in [0.29, 0.717) is 0 Å². The molecule has 148 valence electrons. The zero-order valence-corrected chi connectivity index (χ0v) is 16.4. The molecule has 2 aliphatic rings. The highest BCUT2D eigenvalue weighted by molar-refractivity contribution is 7.91. The van der Waals surface area contributed by atoms with Crippen molar-refractivity contribution in [3.05, 3.63) is 54.9 Å². The smallest absolute Gasteiger partial charge is 0.224 e. The van der Waals surface area contributed by atoms with Gasteiger partial charge >= 0.3 is 0 Å². The topological polar surface area (TPSA) is 76.6 Å². The van der Waals surface area contributed by atoms with Gasteiger partial charge in [-0.1, -0.05) is 18.2 Å². The van der Waals surface area contributed by atoms with E-state index < -0.39 is 9.84 Å². The molecule has 2 unspecified atom stereocenters. The lowest BCUT2D eigenvalue weighted by Crippen LogP contribution is -2.49. The fourth-order valence-corrected chi connectivity index (χ4v) is 5.59. The summed E-state index contributed by atoms with van der Waals surface area (Å²) in [4.78, 5) is 19.1. The lowest BCUT2D eigenvalue weighted by atomic mass is 9.99. The van der Waals surface area contributed by atoms with Gasteiger partial charge < -0.3 is 9.64 Å². The number of fused-ring (bicyclic) bond motifs is 2. The quantitative estimate of drug-likeness (QED) is 0.745. The molecule has 4 rings (SSSR count). The number of piperidine rings is 1. The van der Waals surface area contributed by atoms with E-state index in [2.05, 4.69) is 4.98 Å². The van der Waals surface area contributed by atoms with Crippen molar-refractivity contribution in [2.24, 2.45) is 0 Å². The van der Waals surface area contributed by atoms with Crippen LogP contribution >= 0.6 is 0 Å². The van der Waals surface area contributed by atoms with Crippen LogP contribution in [-0.4, -0.2) is 48.1 Å². The third-order valence-electron chi connectivity index (χ3n) is 5.60. The van der Waals surface area contributed by atoms with E-state index in [0.717, 1.165) is 31.4 Å². The Bertz CT molecular complexity index is 904. The molecule has 2 atom stereocenters. The molecule has 1 aromatic heterocycles. The average molecular weight is 401 g/mol. The fraction of sp³-hybridized carbons (Fsp3) is 0.429. The van der Waals surface area contributed by atoms with E-state index in [-0.39, 0.29) is 41.2 Å². The number of pyridine rings is 1. The standard InChI is InChI=1S/C21H24N2O4S/c24-21(10-12-28(25,26)20-6-2-1-3-7-20)23-16-8-9-17(23)14-19(13-16)27-18-5-4-11-22-15-18/h1-7,11,15-17,19H,8-10,12-14H2. The lowest BCUT2D eigenvalue weighted by Gasteiger charge is -2.39. The van der Waals surface area contributed by atoms with E-state index in [1.807, 2.05) is 17.0 Å². The number of ether oxygens (including phenoxy) is 1. The number of carbonyl (C=O) groups excluding carboxylic acids is 1. The van der Waals surface area contributed by atoms with E-state index in [4.69, 9.17) is 4.74 Å². The second-order valence-electron chi connectivity index (χ2n) is 7.47. The predicted octanol–water partition coefficient (Wildman–Crippen LogP) is 2.85. The van der Waals surface area contributed by atoms with Gasteiger partial charge in [-0.2, -0.15) is 0 Å². The van der Waals surface area contributed by atoms with Gasteiger partial charge in [-0.05, 0) is 37.1 Å². The second kappa shape index (κ2) is 7.91.